The lowest BCUT2D eigenvalue weighted by Gasteiger charge is -2.03. The number of aryl methyl sites for hydroxylation is 1. The largest absolute Gasteiger partial charge is 0.477 e. The van der Waals surface area contributed by atoms with Crippen molar-refractivity contribution >= 4 is 23.4 Å². The standard InChI is InChI=1S/C10H6FN3O5S/c1-4-12-13-10(19-4)20-8-2-5(9(15)16)7(14(17)18)3-6(8)11/h2-3H,1H3,(H,15,16). The summed E-state index contributed by atoms with van der Waals surface area (Å²) in [5, 5.41) is 26.7. The van der Waals surface area contributed by atoms with Crippen molar-refractivity contribution in [1.29, 1.82) is 0 Å². The van der Waals surface area contributed by atoms with Crippen LogP contribution in [0.1, 0.15) is 16.2 Å². The van der Waals surface area contributed by atoms with E-state index >= 15 is 0 Å². The molecule has 0 aliphatic heterocycles. The zero-order chi connectivity index (χ0) is 14.9. The van der Waals surface area contributed by atoms with E-state index < -0.39 is 28.0 Å². The third-order valence-corrected chi connectivity index (χ3v) is 3.05. The van der Waals surface area contributed by atoms with Gasteiger partial charge in [0.1, 0.15) is 11.4 Å². The van der Waals surface area contributed by atoms with E-state index in [2.05, 4.69) is 10.2 Å². The van der Waals surface area contributed by atoms with Crippen molar-refractivity contribution in [2.24, 2.45) is 0 Å². The fourth-order valence-electron chi connectivity index (χ4n) is 1.36. The van der Waals surface area contributed by atoms with Gasteiger partial charge in [-0.05, 0) is 17.8 Å². The minimum atomic E-state index is -1.53. The summed E-state index contributed by atoms with van der Waals surface area (Å²) in [7, 11) is 0. The molecular formula is C10H6FN3O5S. The number of nitro groups is 1. The van der Waals surface area contributed by atoms with Crippen LogP contribution in [0.5, 0.6) is 0 Å². The van der Waals surface area contributed by atoms with Gasteiger partial charge < -0.3 is 9.52 Å². The number of aromatic carboxylic acids is 1. The molecule has 2 aromatic rings. The predicted molar refractivity (Wildman–Crippen MR) is 63.2 cm³/mol. The average molecular weight is 299 g/mol. The monoisotopic (exact) mass is 299 g/mol. The van der Waals surface area contributed by atoms with Gasteiger partial charge in [0.05, 0.1) is 15.9 Å². The number of nitro benzene ring substituents is 1. The molecule has 0 saturated heterocycles. The summed E-state index contributed by atoms with van der Waals surface area (Å²) < 4.78 is 18.8. The smallest absolute Gasteiger partial charge is 0.342 e. The summed E-state index contributed by atoms with van der Waals surface area (Å²) in [6.45, 7) is 1.53. The molecule has 0 saturated carbocycles. The molecule has 0 spiro atoms. The van der Waals surface area contributed by atoms with E-state index in [9.17, 15) is 19.3 Å². The van der Waals surface area contributed by atoms with E-state index in [-0.39, 0.29) is 16.0 Å². The summed E-state index contributed by atoms with van der Waals surface area (Å²) in [5.41, 5.74) is -1.43. The molecule has 10 heteroatoms. The molecule has 0 atom stereocenters. The zero-order valence-corrected chi connectivity index (χ0v) is 10.7. The van der Waals surface area contributed by atoms with Gasteiger partial charge in [-0.15, -0.1) is 10.2 Å². The Morgan fingerprint density at radius 3 is 2.70 bits per heavy atom. The first-order valence-electron chi connectivity index (χ1n) is 5.07. The molecule has 0 bridgehead atoms. The molecule has 1 aromatic heterocycles. The second-order valence-electron chi connectivity index (χ2n) is 3.55. The molecule has 8 nitrogen and oxygen atoms in total. The second kappa shape index (κ2) is 5.25. The van der Waals surface area contributed by atoms with E-state index in [0.717, 1.165) is 6.07 Å². The Kier molecular flexibility index (Phi) is 3.66. The van der Waals surface area contributed by atoms with Crippen LogP contribution in [0.15, 0.2) is 26.7 Å². The maximum atomic E-state index is 13.7. The summed E-state index contributed by atoms with van der Waals surface area (Å²) >= 11 is 0.686. The van der Waals surface area contributed by atoms with Gasteiger partial charge in [-0.25, -0.2) is 9.18 Å². The molecule has 0 aliphatic carbocycles. The normalized spacial score (nSPS) is 10.5. The number of carboxylic acid groups (broad SMARTS) is 1. The Bertz CT molecular complexity index is 702. The number of nitrogens with zero attached hydrogens (tertiary/aromatic N) is 3. The molecule has 20 heavy (non-hydrogen) atoms. The van der Waals surface area contributed by atoms with E-state index in [1.165, 1.54) is 6.92 Å². The third kappa shape index (κ3) is 2.74. The van der Waals surface area contributed by atoms with Crippen LogP contribution in [0, 0.1) is 22.9 Å². The number of hydrogen-bond acceptors (Lipinski definition) is 7. The molecule has 0 radical (unpaired) electrons. The number of halogens is 1. The van der Waals surface area contributed by atoms with E-state index in [4.69, 9.17) is 9.52 Å². The fraction of sp³-hybridized carbons (Fsp3) is 0.100. The topological polar surface area (TPSA) is 119 Å². The van der Waals surface area contributed by atoms with Crippen LogP contribution in [0.4, 0.5) is 10.1 Å². The Hall–Kier alpha value is -2.49. The molecule has 0 amide bonds. The summed E-state index contributed by atoms with van der Waals surface area (Å²) in [6.07, 6.45) is 0. The highest BCUT2D eigenvalue weighted by Crippen LogP contribution is 2.33. The minimum Gasteiger partial charge on any atom is -0.477 e. The molecule has 1 aromatic carbocycles. The van der Waals surface area contributed by atoms with Gasteiger partial charge in [0, 0.05) is 6.92 Å². The number of aromatic nitrogens is 2. The van der Waals surface area contributed by atoms with E-state index in [1.54, 1.807) is 0 Å². The number of hydrogen-bond donors (Lipinski definition) is 1. The van der Waals surface area contributed by atoms with Crippen LogP contribution in [0.25, 0.3) is 0 Å². The number of rotatable bonds is 4. The highest BCUT2D eigenvalue weighted by atomic mass is 32.2. The van der Waals surface area contributed by atoms with Crippen LogP contribution in [-0.4, -0.2) is 26.2 Å². The highest BCUT2D eigenvalue weighted by molar-refractivity contribution is 7.99. The number of benzene rings is 1. The molecule has 0 fully saturated rings. The van der Waals surface area contributed by atoms with Gasteiger partial charge >= 0.3 is 5.97 Å². The predicted octanol–water partition coefficient (Wildman–Crippen LogP) is 2.27. The maximum absolute atomic E-state index is 13.7. The van der Waals surface area contributed by atoms with Crippen LogP contribution < -0.4 is 0 Å². The van der Waals surface area contributed by atoms with Gasteiger partial charge in [-0.1, -0.05) is 0 Å². The average Bonchev–Trinajstić information content (AvgIpc) is 2.76. The lowest BCUT2D eigenvalue weighted by molar-refractivity contribution is -0.385. The van der Waals surface area contributed by atoms with Crippen LogP contribution in [0.2, 0.25) is 0 Å². The Balaban J connectivity index is 2.46. The van der Waals surface area contributed by atoms with Crippen molar-refractivity contribution in [3.63, 3.8) is 0 Å². The molecule has 2 rings (SSSR count). The van der Waals surface area contributed by atoms with Crippen molar-refractivity contribution in [2.75, 3.05) is 0 Å². The lowest BCUT2D eigenvalue weighted by atomic mass is 10.2. The van der Waals surface area contributed by atoms with E-state index in [0.29, 0.717) is 17.8 Å². The van der Waals surface area contributed by atoms with Gasteiger partial charge in [0.2, 0.25) is 5.89 Å². The fourth-order valence-corrected chi connectivity index (χ4v) is 2.12. The number of carboxylic acids is 1. The highest BCUT2D eigenvalue weighted by Gasteiger charge is 2.24. The lowest BCUT2D eigenvalue weighted by Crippen LogP contribution is -2.04. The second-order valence-corrected chi connectivity index (χ2v) is 4.54. The number of carbonyl (C=O) groups is 1. The van der Waals surface area contributed by atoms with Crippen molar-refractivity contribution in [2.45, 2.75) is 17.0 Å². The third-order valence-electron chi connectivity index (χ3n) is 2.18. The first kappa shape index (κ1) is 13.9. The molecule has 0 aliphatic rings. The Morgan fingerprint density at radius 1 is 1.50 bits per heavy atom. The molecule has 1 N–H and O–H groups in total. The SMILES string of the molecule is Cc1nnc(Sc2cc(C(=O)O)c([N+](=O)[O-])cc2F)o1. The summed E-state index contributed by atoms with van der Waals surface area (Å²) in [4.78, 5) is 20.5. The quantitative estimate of drug-likeness (QED) is 0.674. The molecule has 0 unspecified atom stereocenters. The van der Waals surface area contributed by atoms with Gasteiger partial charge in [0.25, 0.3) is 10.9 Å². The molecule has 1 heterocycles. The first-order chi connectivity index (χ1) is 9.38. The van der Waals surface area contributed by atoms with Gasteiger partial charge in [-0.3, -0.25) is 10.1 Å². The van der Waals surface area contributed by atoms with Gasteiger partial charge in [-0.2, -0.15) is 0 Å². The minimum absolute atomic E-state index is 0.00610. The van der Waals surface area contributed by atoms with Crippen molar-refractivity contribution in [3.05, 3.63) is 39.5 Å². The summed E-state index contributed by atoms with van der Waals surface area (Å²) in [5.74, 6) is -2.21. The zero-order valence-electron chi connectivity index (χ0n) is 9.86. The van der Waals surface area contributed by atoms with Crippen LogP contribution >= 0.6 is 11.8 Å². The van der Waals surface area contributed by atoms with Crippen LogP contribution in [-0.2, 0) is 0 Å². The van der Waals surface area contributed by atoms with Crippen LogP contribution in [0.3, 0.4) is 0 Å². The van der Waals surface area contributed by atoms with E-state index in [1.807, 2.05) is 0 Å². The van der Waals surface area contributed by atoms with Gasteiger partial charge in [0.15, 0.2) is 0 Å². The first-order valence-corrected chi connectivity index (χ1v) is 5.89. The Labute approximate surface area is 114 Å². The maximum Gasteiger partial charge on any atom is 0.342 e. The van der Waals surface area contributed by atoms with Crippen molar-refractivity contribution in [3.8, 4) is 0 Å². The summed E-state index contributed by atoms with van der Waals surface area (Å²) in [6, 6.07) is 1.41. The van der Waals surface area contributed by atoms with Crippen molar-refractivity contribution < 1.29 is 23.6 Å². The Morgan fingerprint density at radius 2 is 2.20 bits per heavy atom. The molecular weight excluding hydrogens is 293 g/mol. The molecule has 104 valence electrons. The van der Waals surface area contributed by atoms with Crippen molar-refractivity contribution in [1.82, 2.24) is 10.2 Å².